The van der Waals surface area contributed by atoms with Crippen LogP contribution in [0.2, 0.25) is 0 Å². The van der Waals surface area contributed by atoms with Crippen LogP contribution in [0, 0.1) is 12.8 Å². The second-order valence-electron chi connectivity index (χ2n) is 5.90. The highest BCUT2D eigenvalue weighted by Crippen LogP contribution is 2.28. The summed E-state index contributed by atoms with van der Waals surface area (Å²) in [6, 6.07) is 1.73. The molecular formula is C16H23NO4. The Bertz CT molecular complexity index is 488. The fraction of sp³-hybridized carbons (Fsp3) is 0.688. The van der Waals surface area contributed by atoms with E-state index in [1.165, 1.54) is 25.7 Å². The highest BCUT2D eigenvalue weighted by molar-refractivity contribution is 5.87. The van der Waals surface area contributed by atoms with Gasteiger partial charge in [-0.25, -0.2) is 0 Å². The molecule has 1 saturated carbocycles. The van der Waals surface area contributed by atoms with Crippen molar-refractivity contribution in [2.45, 2.75) is 58.3 Å². The minimum atomic E-state index is -0.412. The first-order valence-corrected chi connectivity index (χ1v) is 7.68. The van der Waals surface area contributed by atoms with Crippen LogP contribution in [0.1, 0.15) is 62.8 Å². The quantitative estimate of drug-likeness (QED) is 0.722. The zero-order valence-corrected chi connectivity index (χ0v) is 12.8. The third-order valence-electron chi connectivity index (χ3n) is 4.18. The first-order chi connectivity index (χ1) is 10.1. The summed E-state index contributed by atoms with van der Waals surface area (Å²) in [7, 11) is 0. The molecule has 0 radical (unpaired) electrons. The summed E-state index contributed by atoms with van der Waals surface area (Å²) in [6.07, 6.45) is 6.27. The first kappa shape index (κ1) is 15.7. The molecule has 0 amide bonds. The third kappa shape index (κ3) is 4.69. The van der Waals surface area contributed by atoms with Gasteiger partial charge in [-0.1, -0.05) is 30.8 Å². The molecule has 1 unspecified atom stereocenters. The predicted octanol–water partition coefficient (Wildman–Crippen LogP) is 3.17. The van der Waals surface area contributed by atoms with Crippen molar-refractivity contribution in [3.63, 3.8) is 0 Å². The number of aryl methyl sites for hydroxylation is 1. The molecule has 116 valence electrons. The van der Waals surface area contributed by atoms with Crippen molar-refractivity contribution in [1.82, 2.24) is 5.16 Å². The van der Waals surface area contributed by atoms with Crippen LogP contribution in [0.4, 0.5) is 0 Å². The zero-order valence-electron chi connectivity index (χ0n) is 12.8. The minimum absolute atomic E-state index is 0.155. The normalized spacial score (nSPS) is 16.9. The molecule has 1 heterocycles. The smallest absolute Gasteiger partial charge is 0.306 e. The molecule has 2 rings (SSSR count). The van der Waals surface area contributed by atoms with Gasteiger partial charge in [-0.2, -0.15) is 0 Å². The van der Waals surface area contributed by atoms with Crippen LogP contribution < -0.4 is 0 Å². The van der Waals surface area contributed by atoms with Crippen molar-refractivity contribution in [1.29, 1.82) is 0 Å². The van der Waals surface area contributed by atoms with E-state index in [4.69, 9.17) is 9.26 Å². The van der Waals surface area contributed by atoms with Crippen LogP contribution in [0.25, 0.3) is 0 Å². The molecule has 1 aliphatic carbocycles. The molecule has 0 saturated heterocycles. The van der Waals surface area contributed by atoms with Gasteiger partial charge in [-0.3, -0.25) is 9.59 Å². The summed E-state index contributed by atoms with van der Waals surface area (Å²) in [5.41, 5.74) is 0.583. The van der Waals surface area contributed by atoms with E-state index >= 15 is 0 Å². The Kier molecular flexibility index (Phi) is 5.53. The number of carbonyl (C=O) groups excluding carboxylic acids is 2. The number of ketones is 1. The number of hydrogen-bond acceptors (Lipinski definition) is 5. The monoisotopic (exact) mass is 293 g/mol. The molecule has 5 heteroatoms. The van der Waals surface area contributed by atoms with E-state index in [2.05, 4.69) is 5.16 Å². The van der Waals surface area contributed by atoms with E-state index < -0.39 is 5.92 Å². The van der Waals surface area contributed by atoms with Crippen molar-refractivity contribution in [3.05, 3.63) is 17.5 Å². The molecular weight excluding hydrogens is 270 g/mol. The van der Waals surface area contributed by atoms with Gasteiger partial charge in [0, 0.05) is 12.5 Å². The Morgan fingerprint density at radius 2 is 2.14 bits per heavy atom. The highest BCUT2D eigenvalue weighted by Gasteiger charge is 2.21. The van der Waals surface area contributed by atoms with Crippen LogP contribution in [0.5, 0.6) is 0 Å². The Labute approximate surface area is 125 Å². The van der Waals surface area contributed by atoms with E-state index in [1.807, 2.05) is 0 Å². The van der Waals surface area contributed by atoms with Crippen molar-refractivity contribution >= 4 is 11.8 Å². The third-order valence-corrected chi connectivity index (χ3v) is 4.18. The van der Waals surface area contributed by atoms with Crippen molar-refractivity contribution < 1.29 is 18.8 Å². The number of aromatic nitrogens is 1. The summed E-state index contributed by atoms with van der Waals surface area (Å²) >= 11 is 0. The van der Waals surface area contributed by atoms with E-state index in [-0.39, 0.29) is 18.4 Å². The highest BCUT2D eigenvalue weighted by atomic mass is 16.5. The molecule has 1 fully saturated rings. The predicted molar refractivity (Wildman–Crippen MR) is 76.8 cm³/mol. The fourth-order valence-corrected chi connectivity index (χ4v) is 2.72. The van der Waals surface area contributed by atoms with Crippen LogP contribution in [-0.2, 0) is 14.3 Å². The van der Waals surface area contributed by atoms with Gasteiger partial charge in [-0.05, 0) is 26.2 Å². The largest absolute Gasteiger partial charge is 0.458 e. The summed E-state index contributed by atoms with van der Waals surface area (Å²) < 4.78 is 10.0. The van der Waals surface area contributed by atoms with E-state index in [0.717, 1.165) is 6.42 Å². The Morgan fingerprint density at radius 1 is 1.43 bits per heavy atom. The minimum Gasteiger partial charge on any atom is -0.458 e. The lowest BCUT2D eigenvalue weighted by Crippen LogP contribution is -2.19. The van der Waals surface area contributed by atoms with Crippen molar-refractivity contribution in [2.24, 2.45) is 5.92 Å². The van der Waals surface area contributed by atoms with Gasteiger partial charge in [0.25, 0.3) is 0 Å². The second-order valence-corrected chi connectivity index (χ2v) is 5.90. The van der Waals surface area contributed by atoms with Gasteiger partial charge in [0.05, 0.1) is 11.6 Å². The molecule has 1 aromatic heterocycles. The van der Waals surface area contributed by atoms with Gasteiger partial charge in [0.15, 0.2) is 12.4 Å². The number of hydrogen-bond donors (Lipinski definition) is 0. The van der Waals surface area contributed by atoms with Crippen molar-refractivity contribution in [2.75, 3.05) is 6.61 Å². The molecule has 0 aromatic carbocycles. The van der Waals surface area contributed by atoms with Crippen LogP contribution in [0.15, 0.2) is 10.6 Å². The molecule has 1 aromatic rings. The number of carbonyl (C=O) groups is 2. The molecule has 1 atom stereocenters. The average molecular weight is 293 g/mol. The average Bonchev–Trinajstić information content (AvgIpc) is 3.13. The lowest BCUT2D eigenvalue weighted by atomic mass is 10.0. The summed E-state index contributed by atoms with van der Waals surface area (Å²) in [6.45, 7) is 3.33. The molecule has 0 N–H and O–H groups in total. The first-order valence-electron chi connectivity index (χ1n) is 7.68. The van der Waals surface area contributed by atoms with Crippen LogP contribution in [0.3, 0.4) is 0 Å². The van der Waals surface area contributed by atoms with E-state index in [9.17, 15) is 9.59 Å². The van der Waals surface area contributed by atoms with Gasteiger partial charge in [0.1, 0.15) is 5.76 Å². The fourth-order valence-electron chi connectivity index (χ4n) is 2.72. The SMILES string of the molecule is Cc1cc(C(C)C(=O)COC(=O)CCC2CCCC2)no1. The van der Waals surface area contributed by atoms with E-state index in [1.54, 1.807) is 19.9 Å². The molecule has 0 aliphatic heterocycles. The Hall–Kier alpha value is -1.65. The molecule has 0 bridgehead atoms. The Balaban J connectivity index is 1.69. The number of nitrogens with zero attached hydrogens (tertiary/aromatic N) is 1. The number of ether oxygens (including phenoxy) is 1. The van der Waals surface area contributed by atoms with Gasteiger partial charge in [-0.15, -0.1) is 0 Å². The van der Waals surface area contributed by atoms with Crippen molar-refractivity contribution in [3.8, 4) is 0 Å². The molecule has 1 aliphatic rings. The maximum atomic E-state index is 12.0. The number of rotatable bonds is 7. The standard InChI is InChI=1S/C16H23NO4/c1-11-9-14(17-21-11)12(2)15(18)10-20-16(19)8-7-13-5-3-4-6-13/h9,12-13H,3-8,10H2,1-2H3. The topological polar surface area (TPSA) is 69.4 Å². The lowest BCUT2D eigenvalue weighted by Gasteiger charge is -2.10. The Morgan fingerprint density at radius 3 is 2.76 bits per heavy atom. The van der Waals surface area contributed by atoms with E-state index in [0.29, 0.717) is 23.8 Å². The molecule has 5 nitrogen and oxygen atoms in total. The molecule has 21 heavy (non-hydrogen) atoms. The molecule has 0 spiro atoms. The van der Waals surface area contributed by atoms with Crippen LogP contribution in [-0.4, -0.2) is 23.5 Å². The lowest BCUT2D eigenvalue weighted by molar-refractivity contribution is -0.148. The summed E-state index contributed by atoms with van der Waals surface area (Å²) in [4.78, 5) is 23.6. The van der Waals surface area contributed by atoms with Gasteiger partial charge < -0.3 is 9.26 Å². The number of esters is 1. The van der Waals surface area contributed by atoms with Gasteiger partial charge in [0.2, 0.25) is 0 Å². The summed E-state index contributed by atoms with van der Waals surface area (Å²) in [5, 5.41) is 3.82. The summed E-state index contributed by atoms with van der Waals surface area (Å²) in [5.74, 6) is 0.477. The maximum absolute atomic E-state index is 12.0. The number of Topliss-reactive ketones (excluding diaryl/α,β-unsaturated/α-hetero) is 1. The van der Waals surface area contributed by atoms with Crippen LogP contribution >= 0.6 is 0 Å². The second kappa shape index (κ2) is 7.38. The maximum Gasteiger partial charge on any atom is 0.306 e. The van der Waals surface area contributed by atoms with Gasteiger partial charge >= 0.3 is 5.97 Å². The zero-order chi connectivity index (χ0) is 15.2.